The molecule has 79 heavy (non-hydrogen) atoms. The fourth-order valence-electron chi connectivity index (χ4n) is 9.79. The second-order valence-corrected chi connectivity index (χ2v) is 19.6. The largest absolute Gasteiger partial charge is 0.493 e. The van der Waals surface area contributed by atoms with E-state index in [4.69, 9.17) is 61.6 Å². The molecule has 17 heteroatoms. The van der Waals surface area contributed by atoms with E-state index < -0.39 is 48.8 Å². The summed E-state index contributed by atoms with van der Waals surface area (Å²) in [6.45, 7) is 11.3. The molecule has 4 N–H and O–H groups in total. The summed E-state index contributed by atoms with van der Waals surface area (Å²) in [5.41, 5.74) is 3.95. The van der Waals surface area contributed by atoms with Gasteiger partial charge in [-0.25, -0.2) is 0 Å². The highest BCUT2D eigenvalue weighted by Gasteiger charge is 2.41. The second-order valence-electron chi connectivity index (χ2n) is 19.6. The lowest BCUT2D eigenvalue weighted by Crippen LogP contribution is -2.23. The van der Waals surface area contributed by atoms with Crippen LogP contribution in [0.2, 0.25) is 0 Å². The Hall–Kier alpha value is -7.28. The molecule has 12 atom stereocenters. The molecule has 17 nitrogen and oxygen atoms in total. The lowest BCUT2D eigenvalue weighted by Gasteiger charge is -2.25. The fraction of sp³-hybridized carbons (Fsp3) is 0.419. The number of hydrogen-bond acceptors (Lipinski definition) is 17. The molecule has 1 heterocycles. The van der Waals surface area contributed by atoms with Gasteiger partial charge in [0.05, 0.1) is 69.1 Å². The van der Waals surface area contributed by atoms with Crippen LogP contribution in [0.4, 0.5) is 0 Å². The van der Waals surface area contributed by atoms with Crippen LogP contribution in [-0.2, 0) is 4.74 Å². The Morgan fingerprint density at radius 3 is 0.810 bits per heavy atom. The molecule has 0 aliphatic carbocycles. The SMILES string of the molecule is COc1ccc([C@@H](O)[C@@H](C)Oc2cc([C@@H](O)[C@@H](C)Oc3ccc([C@H]4O[C@H](c5ccc(O[C@H](C)[C@H](O)c6ccc(OC)c(O[C@H](C)[C@H](O)c7ccc(OC)c(OC)c7)c6)c(OC)c5)[C@H](C)[C@H]4C)cc3OC)ccc2OC)cc1OC. The van der Waals surface area contributed by atoms with Gasteiger partial charge in [-0.2, -0.15) is 0 Å². The van der Waals surface area contributed by atoms with Crippen LogP contribution in [0.25, 0.3) is 0 Å². The van der Waals surface area contributed by atoms with Crippen LogP contribution in [0.15, 0.2) is 109 Å². The maximum Gasteiger partial charge on any atom is 0.162 e. The van der Waals surface area contributed by atoms with E-state index in [-0.39, 0.29) is 24.0 Å². The number of aliphatic hydroxyl groups is 4. The smallest absolute Gasteiger partial charge is 0.162 e. The number of rotatable bonds is 26. The molecule has 1 aliphatic heterocycles. The molecular weight excluding hydrogens is 1020 g/mol. The molecule has 6 aromatic rings. The summed E-state index contributed by atoms with van der Waals surface area (Å²) in [6, 6.07) is 31.9. The quantitative estimate of drug-likeness (QED) is 0.0399. The predicted molar refractivity (Wildman–Crippen MR) is 296 cm³/mol. The second kappa shape index (κ2) is 26.6. The summed E-state index contributed by atoms with van der Waals surface area (Å²) >= 11 is 0. The Bertz CT molecular complexity index is 2770. The predicted octanol–water partition coefficient (Wildman–Crippen LogP) is 10.8. The molecule has 1 saturated heterocycles. The van der Waals surface area contributed by atoms with Gasteiger partial charge in [0.25, 0.3) is 0 Å². The first-order chi connectivity index (χ1) is 37.9. The van der Waals surface area contributed by atoms with Crippen LogP contribution in [0.5, 0.6) is 69.0 Å². The van der Waals surface area contributed by atoms with E-state index in [0.29, 0.717) is 91.2 Å². The van der Waals surface area contributed by atoms with E-state index in [0.717, 1.165) is 11.1 Å². The van der Waals surface area contributed by atoms with Crippen LogP contribution >= 0.6 is 0 Å². The zero-order valence-electron chi connectivity index (χ0n) is 47.4. The molecule has 426 valence electrons. The number of ether oxygens (including phenoxy) is 13. The van der Waals surface area contributed by atoms with E-state index >= 15 is 0 Å². The van der Waals surface area contributed by atoms with Crippen molar-refractivity contribution in [3.8, 4) is 69.0 Å². The molecule has 0 unspecified atom stereocenters. The highest BCUT2D eigenvalue weighted by atomic mass is 16.6. The summed E-state index contributed by atoms with van der Waals surface area (Å²) in [5.74, 6) is 5.51. The molecule has 0 spiro atoms. The van der Waals surface area contributed by atoms with E-state index in [1.165, 1.54) is 28.4 Å². The molecule has 0 amide bonds. The molecule has 6 aromatic carbocycles. The average Bonchev–Trinajstić information content (AvgIpc) is 3.78. The Balaban J connectivity index is 0.994. The maximum absolute atomic E-state index is 11.6. The van der Waals surface area contributed by atoms with Crippen molar-refractivity contribution in [2.45, 2.75) is 103 Å². The molecular formula is C62H76O17. The van der Waals surface area contributed by atoms with Crippen molar-refractivity contribution < 1.29 is 82.0 Å². The van der Waals surface area contributed by atoms with Crippen LogP contribution in [-0.4, -0.2) is 102 Å². The molecule has 7 rings (SSSR count). The number of aliphatic hydroxyl groups excluding tert-OH is 4. The summed E-state index contributed by atoms with van der Waals surface area (Å²) < 4.78 is 76.5. The summed E-state index contributed by atoms with van der Waals surface area (Å²) in [5, 5.41) is 45.8. The highest BCUT2D eigenvalue weighted by Crippen LogP contribution is 2.51. The third-order valence-electron chi connectivity index (χ3n) is 14.7. The van der Waals surface area contributed by atoms with Gasteiger partial charge >= 0.3 is 0 Å². The van der Waals surface area contributed by atoms with Crippen LogP contribution in [0, 0.1) is 11.8 Å². The molecule has 0 saturated carbocycles. The van der Waals surface area contributed by atoms with Crippen molar-refractivity contribution in [1.82, 2.24) is 0 Å². The summed E-state index contributed by atoms with van der Waals surface area (Å²) in [4.78, 5) is 0. The average molecular weight is 1090 g/mol. The van der Waals surface area contributed by atoms with Gasteiger partial charge in [-0.1, -0.05) is 50.2 Å². The van der Waals surface area contributed by atoms with Crippen LogP contribution in [0.3, 0.4) is 0 Å². The van der Waals surface area contributed by atoms with Crippen molar-refractivity contribution >= 4 is 0 Å². The van der Waals surface area contributed by atoms with E-state index in [1.807, 2.05) is 36.4 Å². The Morgan fingerprint density at radius 2 is 0.532 bits per heavy atom. The number of benzene rings is 6. The zero-order valence-corrected chi connectivity index (χ0v) is 47.4. The number of methoxy groups -OCH3 is 8. The molecule has 0 bridgehead atoms. The standard InChI is InChI=1S/C62H76O17/c1-33-34(2)62(44-20-26-50(54(32-44)74-14)76-36(4)58(64)42-18-24-48(70-10)56(30-42)78-38(6)60(66)40-16-22-46(68-8)52(28-40)72-12)79-61(33)43-19-25-49(53(31-43)73-13)75-35(3)57(63)41-17-23-47(69-9)55(29-41)77-37(5)59(65)39-15-21-45(67-7)51(27-39)71-11/h15-38,57-66H,1-14H3/t33-,34-,35-,36-,37-,38-,57+,58+,59+,60+,61+,62+/m1/s1. The van der Waals surface area contributed by atoms with Crippen molar-refractivity contribution in [3.05, 3.63) is 143 Å². The summed E-state index contributed by atoms with van der Waals surface area (Å²) in [6.07, 6.45) is -7.77. The van der Waals surface area contributed by atoms with E-state index in [2.05, 4.69) is 13.8 Å². The summed E-state index contributed by atoms with van der Waals surface area (Å²) in [7, 11) is 12.3. The van der Waals surface area contributed by atoms with Gasteiger partial charge in [-0.3, -0.25) is 0 Å². The van der Waals surface area contributed by atoms with Crippen molar-refractivity contribution in [1.29, 1.82) is 0 Å². The molecule has 1 aliphatic rings. The first kappa shape index (κ1) is 59.4. The maximum atomic E-state index is 11.6. The van der Waals surface area contributed by atoms with Crippen LogP contribution < -0.4 is 56.8 Å². The molecule has 0 radical (unpaired) electrons. The lowest BCUT2D eigenvalue weighted by molar-refractivity contribution is 0.0281. The first-order valence-electron chi connectivity index (χ1n) is 26.1. The third-order valence-corrected chi connectivity index (χ3v) is 14.7. The molecule has 1 fully saturated rings. The lowest BCUT2D eigenvalue weighted by atomic mass is 9.85. The topological polar surface area (TPSA) is 201 Å². The van der Waals surface area contributed by atoms with Crippen molar-refractivity contribution in [2.24, 2.45) is 11.8 Å². The van der Waals surface area contributed by atoms with E-state index in [1.54, 1.807) is 129 Å². The zero-order chi connectivity index (χ0) is 57.2. The van der Waals surface area contributed by atoms with Gasteiger partial charge in [0.15, 0.2) is 69.0 Å². The van der Waals surface area contributed by atoms with Gasteiger partial charge < -0.3 is 82.0 Å². The van der Waals surface area contributed by atoms with Crippen molar-refractivity contribution in [3.63, 3.8) is 0 Å². The van der Waals surface area contributed by atoms with E-state index in [9.17, 15) is 20.4 Å². The Morgan fingerprint density at radius 1 is 0.304 bits per heavy atom. The minimum atomic E-state index is -1.10. The normalized spacial score (nSPS) is 19.1. The first-order valence-corrected chi connectivity index (χ1v) is 26.1. The van der Waals surface area contributed by atoms with Gasteiger partial charge in [0.1, 0.15) is 48.8 Å². The Kier molecular flexibility index (Phi) is 20.0. The minimum Gasteiger partial charge on any atom is -0.493 e. The highest BCUT2D eigenvalue weighted by molar-refractivity contribution is 5.50. The van der Waals surface area contributed by atoms with Gasteiger partial charge in [-0.15, -0.1) is 0 Å². The number of hydrogen-bond donors (Lipinski definition) is 4. The minimum absolute atomic E-state index is 0.0873. The fourth-order valence-corrected chi connectivity index (χ4v) is 9.79. The molecule has 0 aromatic heterocycles. The Labute approximate surface area is 463 Å². The third kappa shape index (κ3) is 13.3. The van der Waals surface area contributed by atoms with Gasteiger partial charge in [0.2, 0.25) is 0 Å². The monoisotopic (exact) mass is 1090 g/mol. The van der Waals surface area contributed by atoms with Gasteiger partial charge in [0, 0.05) is 0 Å². The van der Waals surface area contributed by atoms with Crippen LogP contribution in [0.1, 0.15) is 112 Å². The van der Waals surface area contributed by atoms with Gasteiger partial charge in [-0.05, 0) is 146 Å². The van der Waals surface area contributed by atoms with Crippen molar-refractivity contribution in [2.75, 3.05) is 56.9 Å².